The molecule has 170 valence electrons. The third-order valence-corrected chi connectivity index (χ3v) is 8.37. The Morgan fingerprint density at radius 3 is 2.56 bits per heavy atom. The van der Waals surface area contributed by atoms with Crippen molar-refractivity contribution in [2.45, 2.75) is 42.2 Å². The number of hydrogen-bond donors (Lipinski definition) is 1. The van der Waals surface area contributed by atoms with E-state index in [1.165, 1.54) is 10.9 Å². The van der Waals surface area contributed by atoms with E-state index in [0.717, 1.165) is 23.2 Å². The molecule has 9 nitrogen and oxygen atoms in total. The predicted molar refractivity (Wildman–Crippen MR) is 120 cm³/mol. The van der Waals surface area contributed by atoms with E-state index in [0.29, 0.717) is 38.8 Å². The molecule has 0 radical (unpaired) electrons. The van der Waals surface area contributed by atoms with Gasteiger partial charge in [0.2, 0.25) is 20.1 Å². The van der Waals surface area contributed by atoms with E-state index < -0.39 is 21.0 Å². The number of carbonyl (C=O) groups is 1. The molecule has 0 atom stereocenters. The van der Waals surface area contributed by atoms with Gasteiger partial charge in [-0.25, -0.2) is 18.4 Å². The summed E-state index contributed by atoms with van der Waals surface area (Å²) in [6.45, 7) is 0.841. The second kappa shape index (κ2) is 8.72. The highest BCUT2D eigenvalue weighted by atomic mass is 32.2. The smallest absolute Gasteiger partial charge is 0.273 e. The molecule has 0 spiro atoms. The molecule has 1 N–H and O–H groups in total. The molecule has 1 amide bonds. The zero-order chi connectivity index (χ0) is 22.9. The Hall–Kier alpha value is -2.63. The molecular formula is C21H24N4O5S2. The number of nitrogens with zero attached hydrogens (tertiary/aromatic N) is 4. The minimum absolute atomic E-state index is 0.0208. The highest BCUT2D eigenvalue weighted by Gasteiger charge is 2.34. The minimum atomic E-state index is -3.54. The topological polar surface area (TPSA) is 122 Å². The van der Waals surface area contributed by atoms with Crippen molar-refractivity contribution < 1.29 is 18.3 Å². The maximum atomic E-state index is 12.8. The van der Waals surface area contributed by atoms with Crippen LogP contribution in [0.25, 0.3) is 10.3 Å². The van der Waals surface area contributed by atoms with Crippen LogP contribution in [0.5, 0.6) is 0 Å². The molecule has 0 saturated carbocycles. The van der Waals surface area contributed by atoms with Crippen LogP contribution in [0, 0.1) is 0 Å². The van der Waals surface area contributed by atoms with Gasteiger partial charge in [-0.05, 0) is 24.8 Å². The van der Waals surface area contributed by atoms with Crippen LogP contribution in [0.15, 0.2) is 45.8 Å². The van der Waals surface area contributed by atoms with Gasteiger partial charge in [0.05, 0.1) is 12.1 Å². The summed E-state index contributed by atoms with van der Waals surface area (Å²) in [7, 11) is -3.54. The molecule has 1 saturated heterocycles. The molecule has 2 aromatic heterocycles. The summed E-state index contributed by atoms with van der Waals surface area (Å²) in [6, 6.07) is 9.82. The number of amides is 1. The summed E-state index contributed by atoms with van der Waals surface area (Å²) >= 11 is 0.784. The lowest BCUT2D eigenvalue weighted by atomic mass is 9.91. The van der Waals surface area contributed by atoms with Crippen molar-refractivity contribution in [3.63, 3.8) is 0 Å². The van der Waals surface area contributed by atoms with Crippen LogP contribution in [0.1, 0.15) is 24.8 Å². The summed E-state index contributed by atoms with van der Waals surface area (Å²) in [5.74, 6) is 0.0501. The van der Waals surface area contributed by atoms with E-state index in [2.05, 4.69) is 9.97 Å². The first-order valence-corrected chi connectivity index (χ1v) is 13.0. The Bertz CT molecular complexity index is 1290. The SMILES string of the molecule is CS(=O)(=O)c1nc2ncn(CC3(O)CCN(C(=O)CCc4ccccc4)CC3)c(=O)c2s1. The van der Waals surface area contributed by atoms with Crippen LogP contribution in [-0.2, 0) is 27.6 Å². The molecule has 3 aromatic rings. The normalized spacial score (nSPS) is 16.4. The number of thiazole rings is 1. The lowest BCUT2D eigenvalue weighted by molar-refractivity contribution is -0.135. The Balaban J connectivity index is 1.40. The highest BCUT2D eigenvalue weighted by Crippen LogP contribution is 2.25. The minimum Gasteiger partial charge on any atom is -0.388 e. The lowest BCUT2D eigenvalue weighted by Gasteiger charge is -2.38. The number of benzene rings is 1. The number of carbonyl (C=O) groups excluding carboxylic acids is 1. The van der Waals surface area contributed by atoms with Crippen molar-refractivity contribution >= 4 is 37.4 Å². The van der Waals surface area contributed by atoms with Crippen molar-refractivity contribution in [1.29, 1.82) is 0 Å². The molecule has 4 rings (SSSR count). The first-order chi connectivity index (χ1) is 15.1. The van der Waals surface area contributed by atoms with Crippen molar-refractivity contribution in [2.24, 2.45) is 0 Å². The van der Waals surface area contributed by atoms with E-state index in [-0.39, 0.29) is 27.1 Å². The molecule has 1 aliphatic rings. The van der Waals surface area contributed by atoms with Gasteiger partial charge < -0.3 is 10.0 Å². The van der Waals surface area contributed by atoms with E-state index >= 15 is 0 Å². The maximum absolute atomic E-state index is 12.8. The third-order valence-electron chi connectivity index (χ3n) is 5.66. The van der Waals surface area contributed by atoms with Gasteiger partial charge in [-0.3, -0.25) is 14.2 Å². The summed E-state index contributed by atoms with van der Waals surface area (Å²) in [6.07, 6.45) is 4.08. The Kier molecular flexibility index (Phi) is 6.15. The van der Waals surface area contributed by atoms with E-state index in [9.17, 15) is 23.1 Å². The number of aliphatic hydroxyl groups is 1. The number of sulfone groups is 1. The molecule has 0 unspecified atom stereocenters. The zero-order valence-corrected chi connectivity index (χ0v) is 19.2. The van der Waals surface area contributed by atoms with Gasteiger partial charge in [-0.15, -0.1) is 0 Å². The quantitative estimate of drug-likeness (QED) is 0.568. The third kappa shape index (κ3) is 4.89. The number of likely N-dealkylation sites (tertiary alicyclic amines) is 1. The monoisotopic (exact) mass is 476 g/mol. The van der Waals surface area contributed by atoms with Gasteiger partial charge in [0.15, 0.2) is 5.65 Å². The van der Waals surface area contributed by atoms with Gasteiger partial charge in [-0.1, -0.05) is 41.7 Å². The Morgan fingerprint density at radius 1 is 1.22 bits per heavy atom. The second-order valence-electron chi connectivity index (χ2n) is 8.17. The van der Waals surface area contributed by atoms with Crippen LogP contribution in [0.4, 0.5) is 0 Å². The van der Waals surface area contributed by atoms with Crippen LogP contribution in [0.3, 0.4) is 0 Å². The van der Waals surface area contributed by atoms with Crippen molar-refractivity contribution in [3.05, 3.63) is 52.6 Å². The van der Waals surface area contributed by atoms with Crippen molar-refractivity contribution in [1.82, 2.24) is 19.4 Å². The molecule has 11 heteroatoms. The molecule has 0 aliphatic carbocycles. The van der Waals surface area contributed by atoms with E-state index in [4.69, 9.17) is 0 Å². The summed E-state index contributed by atoms with van der Waals surface area (Å²) < 4.78 is 24.7. The Morgan fingerprint density at radius 2 is 1.91 bits per heavy atom. The predicted octanol–water partition coefficient (Wildman–Crippen LogP) is 1.24. The first-order valence-electron chi connectivity index (χ1n) is 10.2. The van der Waals surface area contributed by atoms with Gasteiger partial charge in [0, 0.05) is 25.8 Å². The van der Waals surface area contributed by atoms with Gasteiger partial charge in [-0.2, -0.15) is 0 Å². The second-order valence-corrected chi connectivity index (χ2v) is 11.4. The van der Waals surface area contributed by atoms with Gasteiger partial charge >= 0.3 is 0 Å². The number of piperidine rings is 1. The number of fused-ring (bicyclic) bond motifs is 1. The number of rotatable bonds is 6. The van der Waals surface area contributed by atoms with Crippen LogP contribution in [-0.4, -0.2) is 63.8 Å². The fourth-order valence-corrected chi connectivity index (χ4v) is 5.61. The summed E-state index contributed by atoms with van der Waals surface area (Å²) in [5.41, 5.74) is -0.391. The molecule has 1 aromatic carbocycles. The maximum Gasteiger partial charge on any atom is 0.273 e. The largest absolute Gasteiger partial charge is 0.388 e. The molecule has 3 heterocycles. The standard InChI is InChI=1S/C21H24N4O5S2/c1-32(29,30)20-23-18-17(31-20)19(27)25(14-22-18)13-21(28)9-11-24(12-10-21)16(26)8-7-15-5-3-2-4-6-15/h2-6,14,28H,7-13H2,1H3. The van der Waals surface area contributed by atoms with Crippen LogP contribution < -0.4 is 5.56 Å². The van der Waals surface area contributed by atoms with Gasteiger partial charge in [0.1, 0.15) is 11.0 Å². The Labute approximate surface area is 189 Å². The fraction of sp³-hybridized carbons (Fsp3) is 0.429. The zero-order valence-electron chi connectivity index (χ0n) is 17.6. The van der Waals surface area contributed by atoms with Crippen molar-refractivity contribution in [2.75, 3.05) is 19.3 Å². The average Bonchev–Trinajstić information content (AvgIpc) is 3.21. The van der Waals surface area contributed by atoms with E-state index in [1.807, 2.05) is 30.3 Å². The van der Waals surface area contributed by atoms with E-state index in [1.54, 1.807) is 4.90 Å². The molecular weight excluding hydrogens is 452 g/mol. The highest BCUT2D eigenvalue weighted by molar-refractivity contribution is 7.92. The van der Waals surface area contributed by atoms with Crippen LogP contribution >= 0.6 is 11.3 Å². The fourth-order valence-electron chi connectivity index (χ4n) is 3.80. The molecule has 1 aliphatic heterocycles. The first kappa shape index (κ1) is 22.6. The number of hydrogen-bond acceptors (Lipinski definition) is 8. The van der Waals surface area contributed by atoms with Crippen LogP contribution in [0.2, 0.25) is 0 Å². The average molecular weight is 477 g/mol. The summed E-state index contributed by atoms with van der Waals surface area (Å²) in [5, 5.41) is 11.0. The molecule has 0 bridgehead atoms. The van der Waals surface area contributed by atoms with Crippen molar-refractivity contribution in [3.8, 4) is 0 Å². The summed E-state index contributed by atoms with van der Waals surface area (Å²) in [4.78, 5) is 35.1. The lowest BCUT2D eigenvalue weighted by Crippen LogP contribution is -2.49. The number of aromatic nitrogens is 3. The number of aryl methyl sites for hydroxylation is 1. The molecule has 32 heavy (non-hydrogen) atoms. The molecule has 1 fully saturated rings. The van der Waals surface area contributed by atoms with Gasteiger partial charge in [0.25, 0.3) is 5.56 Å².